The fourth-order valence-corrected chi connectivity index (χ4v) is 3.98. The van der Waals surface area contributed by atoms with Crippen molar-refractivity contribution < 1.29 is 23.8 Å². The SMILES string of the molecule is O=C(O)C1CCCN(C(=O)COc2cc3oc(=O)cc(-c4ccccc4)c3cc2Cl)C1. The Kier molecular flexibility index (Phi) is 5.95. The summed E-state index contributed by atoms with van der Waals surface area (Å²) in [6, 6.07) is 13.9. The van der Waals surface area contributed by atoms with Crippen molar-refractivity contribution >= 4 is 34.4 Å². The fraction of sp³-hybridized carbons (Fsp3) is 0.261. The molecule has 1 aliphatic rings. The maximum Gasteiger partial charge on any atom is 0.336 e. The summed E-state index contributed by atoms with van der Waals surface area (Å²) in [6.45, 7) is 0.366. The first-order valence-corrected chi connectivity index (χ1v) is 10.3. The molecule has 1 aliphatic heterocycles. The van der Waals surface area contributed by atoms with E-state index in [2.05, 4.69) is 0 Å². The second-order valence-electron chi connectivity index (χ2n) is 7.43. The van der Waals surface area contributed by atoms with Crippen molar-refractivity contribution in [3.8, 4) is 16.9 Å². The van der Waals surface area contributed by atoms with Crippen LogP contribution in [0.2, 0.25) is 5.02 Å². The van der Waals surface area contributed by atoms with E-state index in [0.29, 0.717) is 35.9 Å². The second-order valence-corrected chi connectivity index (χ2v) is 7.84. The molecule has 1 amide bonds. The summed E-state index contributed by atoms with van der Waals surface area (Å²) >= 11 is 6.39. The Balaban J connectivity index is 1.56. The van der Waals surface area contributed by atoms with Crippen molar-refractivity contribution in [2.45, 2.75) is 12.8 Å². The molecule has 2 heterocycles. The second kappa shape index (κ2) is 8.81. The maximum absolute atomic E-state index is 12.5. The summed E-state index contributed by atoms with van der Waals surface area (Å²) in [5, 5.41) is 10.1. The minimum absolute atomic E-state index is 0.165. The molecule has 1 N–H and O–H groups in total. The van der Waals surface area contributed by atoms with Gasteiger partial charge in [-0.3, -0.25) is 9.59 Å². The molecule has 7 nitrogen and oxygen atoms in total. The van der Waals surface area contributed by atoms with E-state index in [0.717, 1.165) is 5.56 Å². The van der Waals surface area contributed by atoms with E-state index in [9.17, 15) is 19.5 Å². The molecule has 1 unspecified atom stereocenters. The summed E-state index contributed by atoms with van der Waals surface area (Å²) in [4.78, 5) is 37.3. The number of piperidine rings is 1. The normalized spacial score (nSPS) is 16.3. The van der Waals surface area contributed by atoms with Crippen molar-refractivity contribution in [1.29, 1.82) is 0 Å². The van der Waals surface area contributed by atoms with Crippen LogP contribution in [0.4, 0.5) is 0 Å². The van der Waals surface area contributed by atoms with Gasteiger partial charge in [0.25, 0.3) is 5.91 Å². The highest BCUT2D eigenvalue weighted by molar-refractivity contribution is 6.33. The number of nitrogens with zero attached hydrogens (tertiary/aromatic N) is 1. The van der Waals surface area contributed by atoms with Crippen molar-refractivity contribution in [3.05, 3.63) is 64.0 Å². The summed E-state index contributed by atoms with van der Waals surface area (Å²) in [7, 11) is 0. The van der Waals surface area contributed by atoms with E-state index in [-0.39, 0.29) is 29.8 Å². The first-order chi connectivity index (χ1) is 14.9. The molecule has 8 heteroatoms. The average molecular weight is 442 g/mol. The molecular weight excluding hydrogens is 422 g/mol. The van der Waals surface area contributed by atoms with Crippen molar-refractivity contribution in [3.63, 3.8) is 0 Å². The molecule has 2 aromatic carbocycles. The smallest absolute Gasteiger partial charge is 0.336 e. The van der Waals surface area contributed by atoms with Gasteiger partial charge in [0, 0.05) is 30.6 Å². The number of carbonyl (C=O) groups excluding carboxylic acids is 1. The van der Waals surface area contributed by atoms with Gasteiger partial charge in [0.1, 0.15) is 11.3 Å². The van der Waals surface area contributed by atoms with E-state index >= 15 is 0 Å². The topological polar surface area (TPSA) is 97.1 Å². The predicted octanol–water partition coefficient (Wildman–Crippen LogP) is 3.82. The molecule has 1 fully saturated rings. The zero-order valence-corrected chi connectivity index (χ0v) is 17.3. The predicted molar refractivity (Wildman–Crippen MR) is 115 cm³/mol. The number of likely N-dealkylation sites (tertiary alicyclic amines) is 1. The van der Waals surface area contributed by atoms with Gasteiger partial charge in [-0.05, 0) is 30.0 Å². The Morgan fingerprint density at radius 1 is 1.19 bits per heavy atom. The lowest BCUT2D eigenvalue weighted by Crippen LogP contribution is -2.44. The number of fused-ring (bicyclic) bond motifs is 1. The Labute approximate surface area is 182 Å². The molecular formula is C23H20ClNO6. The van der Waals surface area contributed by atoms with Gasteiger partial charge in [-0.1, -0.05) is 41.9 Å². The number of benzene rings is 2. The van der Waals surface area contributed by atoms with Gasteiger partial charge >= 0.3 is 11.6 Å². The fourth-order valence-electron chi connectivity index (χ4n) is 3.77. The molecule has 0 spiro atoms. The maximum atomic E-state index is 12.5. The highest BCUT2D eigenvalue weighted by atomic mass is 35.5. The first kappa shape index (κ1) is 20.9. The van der Waals surface area contributed by atoms with Crippen LogP contribution in [-0.2, 0) is 9.59 Å². The average Bonchev–Trinajstić information content (AvgIpc) is 2.78. The number of halogens is 1. The van der Waals surface area contributed by atoms with Crippen molar-refractivity contribution in [2.24, 2.45) is 5.92 Å². The molecule has 1 atom stereocenters. The van der Waals surface area contributed by atoms with Crippen LogP contribution in [0.3, 0.4) is 0 Å². The zero-order chi connectivity index (χ0) is 22.0. The van der Waals surface area contributed by atoms with Crippen molar-refractivity contribution in [2.75, 3.05) is 19.7 Å². The third-order valence-corrected chi connectivity index (χ3v) is 5.65. The van der Waals surface area contributed by atoms with Crippen molar-refractivity contribution in [1.82, 2.24) is 4.90 Å². The lowest BCUT2D eigenvalue weighted by Gasteiger charge is -2.30. The lowest BCUT2D eigenvalue weighted by atomic mass is 9.98. The molecule has 0 saturated carbocycles. The number of carboxylic acids is 1. The molecule has 0 radical (unpaired) electrons. The van der Waals surface area contributed by atoms with E-state index in [1.54, 1.807) is 6.07 Å². The Hall–Kier alpha value is -3.32. The Bertz CT molecular complexity index is 1190. The number of ether oxygens (including phenoxy) is 1. The highest BCUT2D eigenvalue weighted by Gasteiger charge is 2.28. The minimum Gasteiger partial charge on any atom is -0.482 e. The van der Waals surface area contributed by atoms with Crippen LogP contribution in [0.25, 0.3) is 22.1 Å². The van der Waals surface area contributed by atoms with Gasteiger partial charge in [-0.25, -0.2) is 4.79 Å². The van der Waals surface area contributed by atoms with E-state index in [4.69, 9.17) is 20.8 Å². The van der Waals surface area contributed by atoms with Crippen LogP contribution >= 0.6 is 11.6 Å². The van der Waals surface area contributed by atoms with Gasteiger partial charge < -0.3 is 19.2 Å². The van der Waals surface area contributed by atoms with Crippen LogP contribution in [0.5, 0.6) is 5.75 Å². The number of aliphatic carboxylic acids is 1. The van der Waals surface area contributed by atoms with E-state index < -0.39 is 17.5 Å². The van der Waals surface area contributed by atoms with Crippen LogP contribution in [-0.4, -0.2) is 41.6 Å². The number of hydrogen-bond acceptors (Lipinski definition) is 5. The number of carboxylic acid groups (broad SMARTS) is 1. The molecule has 1 saturated heterocycles. The van der Waals surface area contributed by atoms with E-state index in [1.165, 1.54) is 17.0 Å². The van der Waals surface area contributed by atoms with Gasteiger partial charge in [0.15, 0.2) is 6.61 Å². The largest absolute Gasteiger partial charge is 0.482 e. The molecule has 31 heavy (non-hydrogen) atoms. The number of amides is 1. The van der Waals surface area contributed by atoms with Crippen LogP contribution < -0.4 is 10.4 Å². The van der Waals surface area contributed by atoms with Crippen LogP contribution in [0.1, 0.15) is 12.8 Å². The molecule has 3 aromatic rings. The number of hydrogen-bond donors (Lipinski definition) is 1. The highest BCUT2D eigenvalue weighted by Crippen LogP contribution is 2.34. The summed E-state index contributed by atoms with van der Waals surface area (Å²) < 4.78 is 10.9. The first-order valence-electron chi connectivity index (χ1n) is 9.88. The number of rotatable bonds is 5. The summed E-state index contributed by atoms with van der Waals surface area (Å²) in [5.41, 5.74) is 1.31. The molecule has 4 rings (SSSR count). The molecule has 0 bridgehead atoms. The van der Waals surface area contributed by atoms with Gasteiger partial charge in [-0.2, -0.15) is 0 Å². The van der Waals surface area contributed by atoms with Gasteiger partial charge in [0.05, 0.1) is 10.9 Å². The summed E-state index contributed by atoms with van der Waals surface area (Å²) in [6.07, 6.45) is 1.19. The molecule has 160 valence electrons. The lowest BCUT2D eigenvalue weighted by molar-refractivity contribution is -0.146. The third-order valence-electron chi connectivity index (χ3n) is 5.36. The monoisotopic (exact) mass is 441 g/mol. The Morgan fingerprint density at radius 2 is 1.97 bits per heavy atom. The molecule has 1 aromatic heterocycles. The quantitative estimate of drug-likeness (QED) is 0.604. The third kappa shape index (κ3) is 4.56. The van der Waals surface area contributed by atoms with Gasteiger partial charge in [-0.15, -0.1) is 0 Å². The minimum atomic E-state index is -0.903. The summed E-state index contributed by atoms with van der Waals surface area (Å²) in [5.74, 6) is -1.57. The zero-order valence-electron chi connectivity index (χ0n) is 16.5. The number of carbonyl (C=O) groups is 2. The van der Waals surface area contributed by atoms with Crippen LogP contribution in [0.15, 0.2) is 57.7 Å². The Morgan fingerprint density at radius 3 is 2.71 bits per heavy atom. The van der Waals surface area contributed by atoms with Gasteiger partial charge in [0.2, 0.25) is 0 Å². The van der Waals surface area contributed by atoms with Crippen LogP contribution in [0, 0.1) is 5.92 Å². The molecule has 0 aliphatic carbocycles. The van der Waals surface area contributed by atoms with E-state index in [1.807, 2.05) is 30.3 Å². The standard InChI is InChI=1S/C23H20ClNO6/c24-18-9-17-16(14-5-2-1-3-6-14)10-22(27)31-19(17)11-20(18)30-13-21(26)25-8-4-7-15(12-25)23(28)29/h1-3,5-6,9-11,15H,4,7-8,12-13H2,(H,28,29).